The van der Waals surface area contributed by atoms with E-state index in [4.69, 9.17) is 0 Å². The van der Waals surface area contributed by atoms with Crippen LogP contribution in [0.4, 0.5) is 17.2 Å². The lowest BCUT2D eigenvalue weighted by atomic mass is 10.2. The highest BCUT2D eigenvalue weighted by Crippen LogP contribution is 2.27. The third-order valence-electron chi connectivity index (χ3n) is 4.65. The normalized spacial score (nSPS) is 10.7. The van der Waals surface area contributed by atoms with Gasteiger partial charge in [-0.3, -0.25) is 14.0 Å². The standard InChI is InChI=1S/C21H18BrN7O2/c1-12-5-3-4-6-15(12)25-18-16(9-14(10-24-18)19(30)23-2)26-20(31)13-7-8-17-27-28-21(22)29(17)11-13/h3-11H,1-2H3,(H,23,30)(H,24,25)(H,26,31). The number of para-hydroxylation sites is 1. The first-order chi connectivity index (χ1) is 15.0. The van der Waals surface area contributed by atoms with Gasteiger partial charge in [0.2, 0.25) is 4.73 Å². The molecule has 9 nitrogen and oxygen atoms in total. The lowest BCUT2D eigenvalue weighted by molar-refractivity contribution is 0.0961. The van der Waals surface area contributed by atoms with Gasteiger partial charge in [0.05, 0.1) is 16.8 Å². The van der Waals surface area contributed by atoms with Gasteiger partial charge in [0.15, 0.2) is 11.5 Å². The van der Waals surface area contributed by atoms with Gasteiger partial charge in [0, 0.05) is 25.1 Å². The number of anilines is 3. The quantitative estimate of drug-likeness (QED) is 0.403. The molecule has 0 aliphatic rings. The second-order valence-electron chi connectivity index (χ2n) is 6.71. The Balaban J connectivity index is 1.69. The Hall–Kier alpha value is -3.79. The Kier molecular flexibility index (Phi) is 5.63. The number of halogens is 1. The molecule has 3 N–H and O–H groups in total. The minimum absolute atomic E-state index is 0.305. The number of benzene rings is 1. The van der Waals surface area contributed by atoms with Crippen LogP contribution in [-0.2, 0) is 0 Å². The smallest absolute Gasteiger partial charge is 0.257 e. The van der Waals surface area contributed by atoms with Gasteiger partial charge in [-0.15, -0.1) is 10.2 Å². The van der Waals surface area contributed by atoms with Crippen molar-refractivity contribution in [3.05, 3.63) is 76.3 Å². The molecule has 156 valence electrons. The van der Waals surface area contributed by atoms with E-state index in [1.54, 1.807) is 28.8 Å². The number of hydrogen-bond donors (Lipinski definition) is 3. The molecule has 3 aromatic heterocycles. The molecule has 0 aliphatic heterocycles. The molecule has 4 aromatic rings. The average Bonchev–Trinajstić information content (AvgIpc) is 3.16. The minimum Gasteiger partial charge on any atom is -0.355 e. The number of rotatable bonds is 5. The maximum atomic E-state index is 13.0. The molecule has 0 saturated carbocycles. The summed E-state index contributed by atoms with van der Waals surface area (Å²) >= 11 is 3.30. The van der Waals surface area contributed by atoms with Crippen molar-refractivity contribution in [2.24, 2.45) is 0 Å². The van der Waals surface area contributed by atoms with Crippen LogP contribution in [0, 0.1) is 6.92 Å². The van der Waals surface area contributed by atoms with Crippen molar-refractivity contribution in [1.82, 2.24) is 24.9 Å². The first-order valence-electron chi connectivity index (χ1n) is 9.32. The maximum Gasteiger partial charge on any atom is 0.257 e. The van der Waals surface area contributed by atoms with Crippen molar-refractivity contribution in [3.8, 4) is 0 Å². The highest BCUT2D eigenvalue weighted by Gasteiger charge is 2.16. The molecule has 4 rings (SSSR count). The number of fused-ring (bicyclic) bond motifs is 1. The zero-order valence-corrected chi connectivity index (χ0v) is 18.3. The Bertz CT molecular complexity index is 1300. The first-order valence-corrected chi connectivity index (χ1v) is 10.1. The molecular formula is C21H18BrN7O2. The maximum absolute atomic E-state index is 13.0. The Morgan fingerprint density at radius 2 is 1.81 bits per heavy atom. The Morgan fingerprint density at radius 3 is 2.58 bits per heavy atom. The molecule has 0 unspecified atom stereocenters. The van der Waals surface area contributed by atoms with Crippen LogP contribution >= 0.6 is 15.9 Å². The van der Waals surface area contributed by atoms with Gasteiger partial charge >= 0.3 is 0 Å². The number of aryl methyl sites for hydroxylation is 1. The van der Waals surface area contributed by atoms with E-state index in [1.165, 1.54) is 13.2 Å². The van der Waals surface area contributed by atoms with Gasteiger partial charge in [-0.1, -0.05) is 18.2 Å². The number of carbonyl (C=O) groups is 2. The summed E-state index contributed by atoms with van der Waals surface area (Å²) in [6.07, 6.45) is 3.08. The van der Waals surface area contributed by atoms with Crippen LogP contribution in [0.3, 0.4) is 0 Å². The molecule has 0 bridgehead atoms. The van der Waals surface area contributed by atoms with E-state index in [9.17, 15) is 9.59 Å². The van der Waals surface area contributed by atoms with E-state index < -0.39 is 0 Å². The van der Waals surface area contributed by atoms with Crippen LogP contribution in [0.5, 0.6) is 0 Å². The second kappa shape index (κ2) is 8.52. The lowest BCUT2D eigenvalue weighted by Gasteiger charge is -2.15. The van der Waals surface area contributed by atoms with Gasteiger partial charge < -0.3 is 16.0 Å². The highest BCUT2D eigenvalue weighted by molar-refractivity contribution is 9.10. The molecule has 0 aliphatic carbocycles. The van der Waals surface area contributed by atoms with Gasteiger partial charge in [-0.2, -0.15) is 0 Å². The third kappa shape index (κ3) is 4.24. The molecule has 0 fully saturated rings. The van der Waals surface area contributed by atoms with Crippen LogP contribution in [0.2, 0.25) is 0 Å². The number of carbonyl (C=O) groups excluding carboxylic acids is 2. The topological polar surface area (TPSA) is 113 Å². The average molecular weight is 480 g/mol. The Morgan fingerprint density at radius 1 is 1.00 bits per heavy atom. The van der Waals surface area contributed by atoms with Crippen molar-refractivity contribution in [3.63, 3.8) is 0 Å². The summed E-state index contributed by atoms with van der Waals surface area (Å²) in [5.74, 6) is -0.256. The van der Waals surface area contributed by atoms with E-state index >= 15 is 0 Å². The minimum atomic E-state index is -0.369. The molecular weight excluding hydrogens is 462 g/mol. The number of pyridine rings is 2. The van der Waals surface area contributed by atoms with E-state index in [1.807, 2.05) is 31.2 Å². The predicted octanol–water partition coefficient (Wildman–Crippen LogP) is 3.55. The van der Waals surface area contributed by atoms with Gasteiger partial charge in [0.1, 0.15) is 0 Å². The lowest BCUT2D eigenvalue weighted by Crippen LogP contribution is -2.20. The largest absolute Gasteiger partial charge is 0.355 e. The van der Waals surface area contributed by atoms with Crippen molar-refractivity contribution < 1.29 is 9.59 Å². The summed E-state index contributed by atoms with van der Waals surface area (Å²) in [6.45, 7) is 1.96. The summed E-state index contributed by atoms with van der Waals surface area (Å²) in [7, 11) is 1.53. The monoisotopic (exact) mass is 479 g/mol. The number of amides is 2. The summed E-state index contributed by atoms with van der Waals surface area (Å²) in [5.41, 5.74) is 3.55. The molecule has 31 heavy (non-hydrogen) atoms. The fourth-order valence-electron chi connectivity index (χ4n) is 2.96. The number of aromatic nitrogens is 4. The van der Waals surface area contributed by atoms with Crippen molar-refractivity contribution in [1.29, 1.82) is 0 Å². The van der Waals surface area contributed by atoms with E-state index in [0.717, 1.165) is 11.3 Å². The highest BCUT2D eigenvalue weighted by atomic mass is 79.9. The molecule has 0 radical (unpaired) electrons. The number of hydrogen-bond acceptors (Lipinski definition) is 6. The SMILES string of the molecule is CNC(=O)c1cnc(Nc2ccccc2C)c(NC(=O)c2ccc3nnc(Br)n3c2)c1. The van der Waals surface area contributed by atoms with Crippen LogP contribution in [0.15, 0.2) is 59.6 Å². The molecule has 0 spiro atoms. The van der Waals surface area contributed by atoms with E-state index in [2.05, 4.69) is 47.1 Å². The van der Waals surface area contributed by atoms with E-state index in [0.29, 0.717) is 33.0 Å². The molecule has 3 heterocycles. The van der Waals surface area contributed by atoms with Crippen LogP contribution < -0.4 is 16.0 Å². The van der Waals surface area contributed by atoms with Crippen LogP contribution in [-0.4, -0.2) is 38.4 Å². The van der Waals surface area contributed by atoms with Gasteiger partial charge in [0.25, 0.3) is 11.8 Å². The second-order valence-corrected chi connectivity index (χ2v) is 7.42. The zero-order chi connectivity index (χ0) is 22.0. The fourth-order valence-corrected chi connectivity index (χ4v) is 3.32. The van der Waals surface area contributed by atoms with Crippen molar-refractivity contribution >= 4 is 50.6 Å². The molecule has 2 amide bonds. The summed E-state index contributed by atoms with van der Waals surface area (Å²) in [4.78, 5) is 29.4. The third-order valence-corrected chi connectivity index (χ3v) is 5.19. The Labute approximate surface area is 186 Å². The summed E-state index contributed by atoms with van der Waals surface area (Å²) in [6, 6.07) is 12.6. The van der Waals surface area contributed by atoms with Gasteiger partial charge in [-0.05, 0) is 52.7 Å². The molecule has 10 heteroatoms. The first kappa shape index (κ1) is 20.5. The number of nitrogens with one attached hydrogen (secondary N) is 3. The molecule has 1 aromatic carbocycles. The number of nitrogens with zero attached hydrogens (tertiary/aromatic N) is 4. The zero-order valence-electron chi connectivity index (χ0n) is 16.7. The van der Waals surface area contributed by atoms with Crippen molar-refractivity contribution in [2.45, 2.75) is 6.92 Å². The summed E-state index contributed by atoms with van der Waals surface area (Å²) < 4.78 is 2.14. The predicted molar refractivity (Wildman–Crippen MR) is 121 cm³/mol. The van der Waals surface area contributed by atoms with Gasteiger partial charge in [-0.25, -0.2) is 4.98 Å². The van der Waals surface area contributed by atoms with E-state index in [-0.39, 0.29) is 11.8 Å². The van der Waals surface area contributed by atoms with Crippen LogP contribution in [0.1, 0.15) is 26.3 Å². The van der Waals surface area contributed by atoms with Crippen molar-refractivity contribution in [2.75, 3.05) is 17.7 Å². The summed E-state index contributed by atoms with van der Waals surface area (Å²) in [5, 5.41) is 16.5. The molecule has 0 saturated heterocycles. The fraction of sp³-hybridized carbons (Fsp3) is 0.0952. The molecule has 0 atom stereocenters. The van der Waals surface area contributed by atoms with Crippen LogP contribution in [0.25, 0.3) is 5.65 Å².